The lowest BCUT2D eigenvalue weighted by atomic mass is 9.95. The third-order valence-electron chi connectivity index (χ3n) is 3.98. The summed E-state index contributed by atoms with van der Waals surface area (Å²) in [5.41, 5.74) is 6.56. The van der Waals surface area contributed by atoms with E-state index in [9.17, 15) is 9.18 Å². The van der Waals surface area contributed by atoms with Gasteiger partial charge in [-0.05, 0) is 36.5 Å². The van der Waals surface area contributed by atoms with Crippen LogP contribution in [0.1, 0.15) is 32.3 Å². The maximum absolute atomic E-state index is 13.1. The molecule has 1 saturated carbocycles. The predicted octanol–water partition coefficient (Wildman–Crippen LogP) is 2.61. The van der Waals surface area contributed by atoms with Crippen molar-refractivity contribution in [2.24, 2.45) is 11.7 Å². The second-order valence-corrected chi connectivity index (χ2v) is 6.30. The van der Waals surface area contributed by atoms with Gasteiger partial charge in [-0.2, -0.15) is 0 Å². The molecule has 20 heavy (non-hydrogen) atoms. The number of hydrogen-bond donors (Lipinski definition) is 2. The van der Waals surface area contributed by atoms with Crippen molar-refractivity contribution >= 4 is 17.5 Å². The first-order chi connectivity index (χ1) is 9.35. The van der Waals surface area contributed by atoms with E-state index in [0.29, 0.717) is 11.6 Å². The maximum Gasteiger partial charge on any atom is 0.237 e. The normalized spacial score (nSPS) is 17.9. The topological polar surface area (TPSA) is 55.1 Å². The van der Waals surface area contributed by atoms with Crippen LogP contribution < -0.4 is 11.1 Å². The molecule has 1 amide bonds. The van der Waals surface area contributed by atoms with Crippen LogP contribution in [0.4, 0.5) is 4.39 Å². The van der Waals surface area contributed by atoms with Gasteiger partial charge in [0.1, 0.15) is 5.82 Å². The zero-order valence-corrected chi connectivity index (χ0v) is 12.5. The fourth-order valence-corrected chi connectivity index (χ4v) is 2.66. The molecule has 5 heteroatoms. The van der Waals surface area contributed by atoms with Crippen LogP contribution in [0.25, 0.3) is 0 Å². The summed E-state index contributed by atoms with van der Waals surface area (Å²) in [5, 5.41) is 3.31. The van der Waals surface area contributed by atoms with E-state index < -0.39 is 6.04 Å². The number of carbonyl (C=O) groups is 1. The van der Waals surface area contributed by atoms with Crippen molar-refractivity contribution in [3.8, 4) is 0 Å². The largest absolute Gasteiger partial charge is 0.354 e. The molecule has 1 atom stereocenters. The Morgan fingerprint density at radius 1 is 1.50 bits per heavy atom. The Morgan fingerprint density at radius 3 is 2.65 bits per heavy atom. The highest BCUT2D eigenvalue weighted by Crippen LogP contribution is 2.50. The summed E-state index contributed by atoms with van der Waals surface area (Å²) in [6, 6.07) is 3.93. The Balaban J connectivity index is 2.04. The highest BCUT2D eigenvalue weighted by molar-refractivity contribution is 6.31. The molecule has 3 nitrogen and oxygen atoms in total. The van der Waals surface area contributed by atoms with Gasteiger partial charge in [-0.1, -0.05) is 31.5 Å². The monoisotopic (exact) mass is 298 g/mol. The van der Waals surface area contributed by atoms with Gasteiger partial charge in [-0.15, -0.1) is 0 Å². The molecule has 0 bridgehead atoms. The van der Waals surface area contributed by atoms with Crippen LogP contribution in [-0.2, 0) is 10.2 Å². The van der Waals surface area contributed by atoms with E-state index in [0.717, 1.165) is 18.4 Å². The number of benzene rings is 1. The Labute approximate surface area is 123 Å². The molecule has 1 aromatic rings. The number of nitrogens with one attached hydrogen (secondary N) is 1. The number of amides is 1. The maximum atomic E-state index is 13.1. The molecular formula is C15H20ClFN2O. The van der Waals surface area contributed by atoms with Gasteiger partial charge in [0.2, 0.25) is 5.91 Å². The molecule has 0 heterocycles. The Hall–Kier alpha value is -1.13. The van der Waals surface area contributed by atoms with Crippen molar-refractivity contribution in [3.63, 3.8) is 0 Å². The molecule has 1 fully saturated rings. The number of nitrogens with two attached hydrogens (primary N) is 1. The molecule has 3 N–H and O–H groups in total. The first-order valence-corrected chi connectivity index (χ1v) is 7.22. The van der Waals surface area contributed by atoms with Crippen LogP contribution in [0.5, 0.6) is 0 Å². The second-order valence-electron chi connectivity index (χ2n) is 5.89. The summed E-state index contributed by atoms with van der Waals surface area (Å²) < 4.78 is 13.1. The van der Waals surface area contributed by atoms with Crippen LogP contribution in [0, 0.1) is 11.7 Å². The lowest BCUT2D eigenvalue weighted by molar-refractivity contribution is -0.123. The lowest BCUT2D eigenvalue weighted by Crippen LogP contribution is -2.46. The first-order valence-electron chi connectivity index (χ1n) is 6.84. The van der Waals surface area contributed by atoms with Crippen LogP contribution in [0.15, 0.2) is 18.2 Å². The number of hydrogen-bond acceptors (Lipinski definition) is 2. The first kappa shape index (κ1) is 15.3. The quantitative estimate of drug-likeness (QED) is 0.878. The Bertz CT molecular complexity index is 515. The average molecular weight is 299 g/mol. The number of halogens is 2. The smallest absolute Gasteiger partial charge is 0.237 e. The SMILES string of the molecule is CC(C)[C@H](N)C(=O)NCC1(c2ccc(F)cc2Cl)CC1. The van der Waals surface area contributed by atoms with E-state index in [1.54, 1.807) is 6.07 Å². The molecule has 1 aliphatic carbocycles. The van der Waals surface area contributed by atoms with Gasteiger partial charge in [0.05, 0.1) is 6.04 Å². The van der Waals surface area contributed by atoms with E-state index in [2.05, 4.69) is 5.32 Å². The third-order valence-corrected chi connectivity index (χ3v) is 4.29. The molecule has 2 rings (SSSR count). The zero-order chi connectivity index (χ0) is 14.9. The highest BCUT2D eigenvalue weighted by Gasteiger charge is 2.45. The molecule has 1 aliphatic rings. The van der Waals surface area contributed by atoms with Gasteiger partial charge in [0.15, 0.2) is 0 Å². The zero-order valence-electron chi connectivity index (χ0n) is 11.7. The summed E-state index contributed by atoms with van der Waals surface area (Å²) in [7, 11) is 0. The highest BCUT2D eigenvalue weighted by atomic mass is 35.5. The summed E-state index contributed by atoms with van der Waals surface area (Å²) in [4.78, 5) is 11.9. The van der Waals surface area contributed by atoms with Crippen molar-refractivity contribution in [2.75, 3.05) is 6.54 Å². The van der Waals surface area contributed by atoms with E-state index >= 15 is 0 Å². The summed E-state index contributed by atoms with van der Waals surface area (Å²) in [6.07, 6.45) is 1.88. The molecule has 0 spiro atoms. The van der Waals surface area contributed by atoms with E-state index in [-0.39, 0.29) is 23.1 Å². The molecule has 0 aliphatic heterocycles. The molecule has 0 aromatic heterocycles. The standard InChI is InChI=1S/C15H20ClFN2O/c1-9(2)13(18)14(20)19-8-15(5-6-15)11-4-3-10(17)7-12(11)16/h3-4,7,9,13H,5-6,8,18H2,1-2H3,(H,19,20)/t13-/m0/s1. The molecule has 1 aromatic carbocycles. The van der Waals surface area contributed by atoms with Gasteiger partial charge in [0.25, 0.3) is 0 Å². The van der Waals surface area contributed by atoms with Gasteiger partial charge in [-0.3, -0.25) is 4.79 Å². The minimum Gasteiger partial charge on any atom is -0.354 e. The second kappa shape index (κ2) is 5.70. The summed E-state index contributed by atoms with van der Waals surface area (Å²) in [5.74, 6) is -0.399. The van der Waals surface area contributed by atoms with Gasteiger partial charge < -0.3 is 11.1 Å². The van der Waals surface area contributed by atoms with E-state index in [1.807, 2.05) is 13.8 Å². The average Bonchev–Trinajstić information content (AvgIpc) is 3.15. The van der Waals surface area contributed by atoms with Gasteiger partial charge >= 0.3 is 0 Å². The molecule has 0 radical (unpaired) electrons. The van der Waals surface area contributed by atoms with Crippen molar-refractivity contribution in [1.29, 1.82) is 0 Å². The molecule has 0 unspecified atom stereocenters. The minimum absolute atomic E-state index is 0.0968. The van der Waals surface area contributed by atoms with Gasteiger partial charge in [0, 0.05) is 17.0 Å². The van der Waals surface area contributed by atoms with E-state index in [4.69, 9.17) is 17.3 Å². The van der Waals surface area contributed by atoms with Crippen LogP contribution >= 0.6 is 11.6 Å². The van der Waals surface area contributed by atoms with Crippen molar-refractivity contribution in [3.05, 3.63) is 34.6 Å². The fourth-order valence-electron chi connectivity index (χ4n) is 2.29. The Morgan fingerprint density at radius 2 is 2.15 bits per heavy atom. The van der Waals surface area contributed by atoms with Crippen LogP contribution in [0.3, 0.4) is 0 Å². The third kappa shape index (κ3) is 3.13. The number of rotatable bonds is 5. The number of carbonyl (C=O) groups excluding carboxylic acids is 1. The van der Waals surface area contributed by atoms with Crippen molar-refractivity contribution in [1.82, 2.24) is 5.32 Å². The molecular weight excluding hydrogens is 279 g/mol. The van der Waals surface area contributed by atoms with Crippen LogP contribution in [-0.4, -0.2) is 18.5 Å². The lowest BCUT2D eigenvalue weighted by Gasteiger charge is -2.21. The fraction of sp³-hybridized carbons (Fsp3) is 0.533. The van der Waals surface area contributed by atoms with E-state index in [1.165, 1.54) is 12.1 Å². The summed E-state index contributed by atoms with van der Waals surface area (Å²) in [6.45, 7) is 4.32. The van der Waals surface area contributed by atoms with Crippen molar-refractivity contribution in [2.45, 2.75) is 38.1 Å². The molecule has 110 valence electrons. The minimum atomic E-state index is -0.505. The van der Waals surface area contributed by atoms with Crippen molar-refractivity contribution < 1.29 is 9.18 Å². The predicted molar refractivity (Wildman–Crippen MR) is 78.1 cm³/mol. The summed E-state index contributed by atoms with van der Waals surface area (Å²) >= 11 is 6.10. The Kier molecular flexibility index (Phi) is 4.35. The van der Waals surface area contributed by atoms with Gasteiger partial charge in [-0.25, -0.2) is 4.39 Å². The molecule has 0 saturated heterocycles. The van der Waals surface area contributed by atoms with Crippen LogP contribution in [0.2, 0.25) is 5.02 Å².